The van der Waals surface area contributed by atoms with Crippen LogP contribution in [0, 0.1) is 5.92 Å². The first-order valence-corrected chi connectivity index (χ1v) is 9.18. The van der Waals surface area contributed by atoms with Gasteiger partial charge < -0.3 is 5.32 Å². The minimum atomic E-state index is -0.0737. The summed E-state index contributed by atoms with van der Waals surface area (Å²) in [5, 5.41) is 2.76. The maximum absolute atomic E-state index is 11.1. The molecule has 0 atom stereocenters. The van der Waals surface area contributed by atoms with E-state index in [1.807, 2.05) is 6.07 Å². The Labute approximate surface area is 150 Å². The molecule has 1 amide bonds. The zero-order chi connectivity index (χ0) is 17.5. The second-order valence-corrected chi connectivity index (χ2v) is 6.97. The van der Waals surface area contributed by atoms with Crippen molar-refractivity contribution in [1.82, 2.24) is 9.88 Å². The van der Waals surface area contributed by atoms with Crippen LogP contribution >= 0.6 is 0 Å². The van der Waals surface area contributed by atoms with Crippen LogP contribution in [0.15, 0.2) is 48.7 Å². The predicted molar refractivity (Wildman–Crippen MR) is 101 cm³/mol. The smallest absolute Gasteiger partial charge is 0.222 e. The van der Waals surface area contributed by atoms with E-state index in [2.05, 4.69) is 51.6 Å². The normalized spacial score (nSPS) is 15.9. The Morgan fingerprint density at radius 1 is 1.16 bits per heavy atom. The largest absolute Gasteiger partial charge is 0.311 e. The van der Waals surface area contributed by atoms with Gasteiger partial charge in [-0.05, 0) is 68.0 Å². The first-order chi connectivity index (χ1) is 12.2. The van der Waals surface area contributed by atoms with Crippen LogP contribution in [-0.2, 0) is 17.8 Å². The number of likely N-dealkylation sites (tertiary alicyclic amines) is 1. The number of nitrogens with zero attached hydrogens (tertiary/aromatic N) is 2. The summed E-state index contributed by atoms with van der Waals surface area (Å²) in [4.78, 5) is 17.9. The minimum Gasteiger partial charge on any atom is -0.311 e. The quantitative estimate of drug-likeness (QED) is 0.870. The Morgan fingerprint density at radius 2 is 1.92 bits per heavy atom. The van der Waals surface area contributed by atoms with Crippen LogP contribution in [0.25, 0.3) is 0 Å². The van der Waals surface area contributed by atoms with Gasteiger partial charge in [0.25, 0.3) is 0 Å². The topological polar surface area (TPSA) is 45.2 Å². The molecule has 2 heterocycles. The third-order valence-electron chi connectivity index (χ3n) is 4.93. The van der Waals surface area contributed by atoms with Crippen molar-refractivity contribution in [2.75, 3.05) is 18.4 Å². The van der Waals surface area contributed by atoms with Crippen molar-refractivity contribution in [3.63, 3.8) is 0 Å². The van der Waals surface area contributed by atoms with E-state index >= 15 is 0 Å². The van der Waals surface area contributed by atoms with Gasteiger partial charge in [-0.2, -0.15) is 0 Å². The summed E-state index contributed by atoms with van der Waals surface area (Å²) < 4.78 is 0. The molecule has 1 aliphatic rings. The molecule has 1 fully saturated rings. The third-order valence-corrected chi connectivity index (χ3v) is 4.93. The van der Waals surface area contributed by atoms with Gasteiger partial charge in [0.2, 0.25) is 5.91 Å². The molecule has 132 valence electrons. The Morgan fingerprint density at radius 3 is 2.64 bits per heavy atom. The highest BCUT2D eigenvalue weighted by atomic mass is 16.1. The van der Waals surface area contributed by atoms with Gasteiger partial charge in [-0.3, -0.25) is 9.69 Å². The van der Waals surface area contributed by atoms with E-state index < -0.39 is 0 Å². The van der Waals surface area contributed by atoms with Gasteiger partial charge in [-0.15, -0.1) is 0 Å². The fourth-order valence-corrected chi connectivity index (χ4v) is 3.52. The number of pyridine rings is 1. The van der Waals surface area contributed by atoms with Crippen LogP contribution in [0.5, 0.6) is 0 Å². The molecule has 0 aliphatic carbocycles. The summed E-state index contributed by atoms with van der Waals surface area (Å²) in [7, 11) is 0. The third kappa shape index (κ3) is 5.68. The molecule has 0 saturated carbocycles. The molecule has 4 heteroatoms. The molecular formula is C21H27N3O. The zero-order valence-electron chi connectivity index (χ0n) is 14.9. The fraction of sp³-hybridized carbons (Fsp3) is 0.429. The number of carbonyl (C=O) groups excluding carboxylic acids is 1. The highest BCUT2D eigenvalue weighted by molar-refractivity contribution is 5.87. The lowest BCUT2D eigenvalue weighted by Crippen LogP contribution is -2.33. The van der Waals surface area contributed by atoms with E-state index in [1.54, 1.807) is 6.20 Å². The molecule has 25 heavy (non-hydrogen) atoms. The summed E-state index contributed by atoms with van der Waals surface area (Å²) in [6.07, 6.45) is 6.59. The SMILES string of the molecule is CC(=O)Nc1cc(CCC2CCN(Cc3ccccc3)CC2)ccn1. The lowest BCUT2D eigenvalue weighted by molar-refractivity contribution is -0.114. The van der Waals surface area contributed by atoms with E-state index in [0.717, 1.165) is 18.9 Å². The van der Waals surface area contributed by atoms with Crippen molar-refractivity contribution in [1.29, 1.82) is 0 Å². The Kier molecular flexibility index (Phi) is 6.18. The lowest BCUT2D eigenvalue weighted by Gasteiger charge is -2.32. The maximum Gasteiger partial charge on any atom is 0.222 e. The highest BCUT2D eigenvalue weighted by Gasteiger charge is 2.19. The number of hydrogen-bond acceptors (Lipinski definition) is 3. The highest BCUT2D eigenvalue weighted by Crippen LogP contribution is 2.24. The number of aryl methyl sites for hydroxylation is 1. The second kappa shape index (κ2) is 8.77. The predicted octanol–water partition coefficient (Wildman–Crippen LogP) is 3.88. The van der Waals surface area contributed by atoms with Crippen molar-refractivity contribution in [3.8, 4) is 0 Å². The van der Waals surface area contributed by atoms with Crippen LogP contribution in [0.2, 0.25) is 0 Å². The Hall–Kier alpha value is -2.20. The number of nitrogens with one attached hydrogen (secondary N) is 1. The first kappa shape index (κ1) is 17.6. The Bertz CT molecular complexity index is 679. The van der Waals surface area contributed by atoms with Crippen molar-refractivity contribution < 1.29 is 4.79 Å². The maximum atomic E-state index is 11.1. The van der Waals surface area contributed by atoms with Crippen LogP contribution in [0.1, 0.15) is 37.3 Å². The van der Waals surface area contributed by atoms with E-state index in [-0.39, 0.29) is 5.91 Å². The number of amides is 1. The monoisotopic (exact) mass is 337 g/mol. The van der Waals surface area contributed by atoms with E-state index in [0.29, 0.717) is 5.82 Å². The summed E-state index contributed by atoms with van der Waals surface area (Å²) in [6.45, 7) is 4.95. The lowest BCUT2D eigenvalue weighted by atomic mass is 9.90. The van der Waals surface area contributed by atoms with E-state index in [4.69, 9.17) is 0 Å². The van der Waals surface area contributed by atoms with Gasteiger partial charge in [0.1, 0.15) is 5.82 Å². The van der Waals surface area contributed by atoms with Crippen molar-refractivity contribution in [3.05, 3.63) is 59.8 Å². The van der Waals surface area contributed by atoms with Gasteiger partial charge in [0, 0.05) is 19.7 Å². The standard InChI is InChI=1S/C21H27N3O/c1-17(25)23-21-15-19(9-12-22-21)8-7-18-10-13-24(14-11-18)16-20-5-3-2-4-6-20/h2-6,9,12,15,18H,7-8,10-11,13-14,16H2,1H3,(H,22,23,25). The number of benzene rings is 1. The summed E-state index contributed by atoms with van der Waals surface area (Å²) in [5.41, 5.74) is 2.66. The molecule has 2 aromatic rings. The average Bonchev–Trinajstić information content (AvgIpc) is 2.62. The molecule has 1 aromatic heterocycles. The van der Waals surface area contributed by atoms with Crippen LogP contribution in [0.4, 0.5) is 5.82 Å². The summed E-state index contributed by atoms with van der Waals surface area (Å²) in [5.74, 6) is 1.38. The first-order valence-electron chi connectivity index (χ1n) is 9.18. The van der Waals surface area contributed by atoms with Crippen molar-refractivity contribution >= 4 is 11.7 Å². The number of piperidine rings is 1. The molecule has 1 aliphatic heterocycles. The Balaban J connectivity index is 1.43. The summed E-state index contributed by atoms with van der Waals surface area (Å²) in [6, 6.07) is 14.8. The molecule has 4 nitrogen and oxygen atoms in total. The second-order valence-electron chi connectivity index (χ2n) is 6.97. The van der Waals surface area contributed by atoms with Gasteiger partial charge in [-0.1, -0.05) is 30.3 Å². The number of hydrogen-bond donors (Lipinski definition) is 1. The minimum absolute atomic E-state index is 0.0737. The molecule has 1 saturated heterocycles. The number of aromatic nitrogens is 1. The van der Waals surface area contributed by atoms with Gasteiger partial charge in [-0.25, -0.2) is 4.98 Å². The average molecular weight is 337 g/mol. The van der Waals surface area contributed by atoms with Gasteiger partial charge in [0.05, 0.1) is 0 Å². The van der Waals surface area contributed by atoms with Gasteiger partial charge in [0.15, 0.2) is 0 Å². The number of anilines is 1. The molecule has 0 spiro atoms. The van der Waals surface area contributed by atoms with Crippen molar-refractivity contribution in [2.45, 2.75) is 39.2 Å². The fourth-order valence-electron chi connectivity index (χ4n) is 3.52. The van der Waals surface area contributed by atoms with E-state index in [9.17, 15) is 4.79 Å². The van der Waals surface area contributed by atoms with Crippen molar-refractivity contribution in [2.24, 2.45) is 5.92 Å². The molecule has 0 bridgehead atoms. The van der Waals surface area contributed by atoms with E-state index in [1.165, 1.54) is 50.4 Å². The molecule has 1 N–H and O–H groups in total. The molecule has 0 unspecified atom stereocenters. The van der Waals surface area contributed by atoms with Crippen LogP contribution < -0.4 is 5.32 Å². The van der Waals surface area contributed by atoms with Crippen LogP contribution in [-0.4, -0.2) is 28.9 Å². The summed E-state index contributed by atoms with van der Waals surface area (Å²) >= 11 is 0. The number of rotatable bonds is 6. The molecule has 0 radical (unpaired) electrons. The van der Waals surface area contributed by atoms with Gasteiger partial charge >= 0.3 is 0 Å². The van der Waals surface area contributed by atoms with Crippen LogP contribution in [0.3, 0.4) is 0 Å². The molecule has 1 aromatic carbocycles. The zero-order valence-corrected chi connectivity index (χ0v) is 14.9. The molecular weight excluding hydrogens is 310 g/mol. The molecule has 3 rings (SSSR count). The number of carbonyl (C=O) groups is 1.